The van der Waals surface area contributed by atoms with E-state index in [0.29, 0.717) is 6.54 Å². The predicted molar refractivity (Wildman–Crippen MR) is 70.6 cm³/mol. The second-order valence-corrected chi connectivity index (χ2v) is 3.82. The number of aromatic nitrogens is 2. The molecule has 0 amide bonds. The van der Waals surface area contributed by atoms with E-state index < -0.39 is 0 Å². The zero-order valence-electron chi connectivity index (χ0n) is 9.84. The van der Waals surface area contributed by atoms with E-state index in [0.717, 1.165) is 17.1 Å². The fraction of sp³-hybridized carbons (Fsp3) is 0.250. The first-order valence-corrected chi connectivity index (χ1v) is 5.17. The van der Waals surface area contributed by atoms with E-state index >= 15 is 0 Å². The van der Waals surface area contributed by atoms with Crippen LogP contribution in [0.2, 0.25) is 0 Å². The van der Waals surface area contributed by atoms with Crippen LogP contribution < -0.4 is 5.32 Å². The first-order valence-electron chi connectivity index (χ1n) is 5.17. The molecule has 2 rings (SSSR count). The van der Waals surface area contributed by atoms with Gasteiger partial charge in [0.15, 0.2) is 0 Å². The van der Waals surface area contributed by atoms with E-state index in [-0.39, 0.29) is 18.2 Å². The van der Waals surface area contributed by atoms with Crippen molar-refractivity contribution in [2.45, 2.75) is 13.5 Å². The molecule has 5 heteroatoms. The van der Waals surface area contributed by atoms with Crippen molar-refractivity contribution in [1.82, 2.24) is 9.78 Å². The molecule has 2 aromatic rings. The molecule has 0 saturated carbocycles. The molecule has 0 atom stereocenters. The highest BCUT2D eigenvalue weighted by Gasteiger charge is 2.00. The van der Waals surface area contributed by atoms with Crippen LogP contribution in [0.25, 0.3) is 0 Å². The van der Waals surface area contributed by atoms with Crippen molar-refractivity contribution in [3.8, 4) is 5.75 Å². The molecule has 0 bridgehead atoms. The molecule has 0 aliphatic rings. The number of rotatable bonds is 3. The van der Waals surface area contributed by atoms with Crippen molar-refractivity contribution in [3.63, 3.8) is 0 Å². The fourth-order valence-corrected chi connectivity index (χ4v) is 1.51. The van der Waals surface area contributed by atoms with Crippen molar-refractivity contribution in [2.75, 3.05) is 5.32 Å². The molecule has 1 heterocycles. The molecule has 92 valence electrons. The SMILES string of the molecule is Cc1cc(NCc2cccc(O)c2)nn1C.Cl. The van der Waals surface area contributed by atoms with Crippen LogP contribution >= 0.6 is 12.4 Å². The number of aryl methyl sites for hydroxylation is 2. The highest BCUT2D eigenvalue weighted by molar-refractivity contribution is 5.85. The Labute approximate surface area is 107 Å². The summed E-state index contributed by atoms with van der Waals surface area (Å²) in [5.74, 6) is 1.14. The molecule has 0 unspecified atom stereocenters. The molecule has 1 aromatic heterocycles. The molecule has 0 spiro atoms. The number of hydrogen-bond donors (Lipinski definition) is 2. The van der Waals surface area contributed by atoms with Crippen molar-refractivity contribution >= 4 is 18.2 Å². The molecule has 0 aliphatic carbocycles. The van der Waals surface area contributed by atoms with Crippen molar-refractivity contribution in [2.24, 2.45) is 7.05 Å². The maximum atomic E-state index is 9.31. The van der Waals surface area contributed by atoms with Gasteiger partial charge in [-0.3, -0.25) is 4.68 Å². The van der Waals surface area contributed by atoms with Gasteiger partial charge in [-0.25, -0.2) is 0 Å². The minimum Gasteiger partial charge on any atom is -0.508 e. The maximum Gasteiger partial charge on any atom is 0.148 e. The van der Waals surface area contributed by atoms with Gasteiger partial charge in [-0.15, -0.1) is 12.4 Å². The van der Waals surface area contributed by atoms with Gasteiger partial charge in [0.05, 0.1) is 0 Å². The second-order valence-electron chi connectivity index (χ2n) is 3.82. The Hall–Kier alpha value is -1.68. The van der Waals surface area contributed by atoms with Gasteiger partial charge in [0, 0.05) is 25.4 Å². The number of hydrogen-bond acceptors (Lipinski definition) is 3. The van der Waals surface area contributed by atoms with Gasteiger partial charge in [0.25, 0.3) is 0 Å². The third-order valence-electron chi connectivity index (χ3n) is 2.50. The van der Waals surface area contributed by atoms with E-state index in [1.807, 2.05) is 36.9 Å². The Morgan fingerprint density at radius 1 is 1.35 bits per heavy atom. The molecule has 0 aliphatic heterocycles. The van der Waals surface area contributed by atoms with Gasteiger partial charge >= 0.3 is 0 Å². The highest BCUT2D eigenvalue weighted by Crippen LogP contribution is 2.13. The summed E-state index contributed by atoms with van der Waals surface area (Å²) in [7, 11) is 1.91. The third-order valence-corrected chi connectivity index (χ3v) is 2.50. The summed E-state index contributed by atoms with van der Waals surface area (Å²) in [6.07, 6.45) is 0. The Balaban J connectivity index is 0.00000144. The first kappa shape index (κ1) is 13.4. The van der Waals surface area contributed by atoms with Gasteiger partial charge in [-0.05, 0) is 24.6 Å². The second kappa shape index (κ2) is 5.59. The lowest BCUT2D eigenvalue weighted by molar-refractivity contribution is 0.474. The lowest BCUT2D eigenvalue weighted by Crippen LogP contribution is -2.00. The lowest BCUT2D eigenvalue weighted by Gasteiger charge is -2.03. The first-order chi connectivity index (χ1) is 7.65. The summed E-state index contributed by atoms with van der Waals surface area (Å²) >= 11 is 0. The van der Waals surface area contributed by atoms with Gasteiger partial charge in [0.1, 0.15) is 11.6 Å². The standard InChI is InChI=1S/C12H15N3O.ClH/c1-9-6-12(14-15(9)2)13-8-10-4-3-5-11(16)7-10;/h3-7,16H,8H2,1-2H3,(H,13,14);1H. The molecule has 0 fully saturated rings. The number of halogens is 1. The zero-order valence-corrected chi connectivity index (χ0v) is 10.7. The maximum absolute atomic E-state index is 9.31. The molecule has 1 aromatic carbocycles. The largest absolute Gasteiger partial charge is 0.508 e. The van der Waals surface area contributed by atoms with Crippen LogP contribution in [0.5, 0.6) is 5.75 Å². The Kier molecular flexibility index (Phi) is 4.40. The normalized spacial score (nSPS) is 9.76. The van der Waals surface area contributed by atoms with Crippen LogP contribution in [0.4, 0.5) is 5.82 Å². The van der Waals surface area contributed by atoms with Gasteiger partial charge in [-0.2, -0.15) is 5.10 Å². The lowest BCUT2D eigenvalue weighted by atomic mass is 10.2. The summed E-state index contributed by atoms with van der Waals surface area (Å²) in [5, 5.41) is 16.8. The average Bonchev–Trinajstić information content (AvgIpc) is 2.56. The van der Waals surface area contributed by atoms with Crippen LogP contribution in [0.3, 0.4) is 0 Å². The smallest absolute Gasteiger partial charge is 0.148 e. The molecular formula is C12H16ClN3O. The summed E-state index contributed by atoms with van der Waals surface area (Å²) in [6.45, 7) is 2.66. The van der Waals surface area contributed by atoms with Crippen LogP contribution in [0.1, 0.15) is 11.3 Å². The average molecular weight is 254 g/mol. The molecular weight excluding hydrogens is 238 g/mol. The van der Waals surface area contributed by atoms with E-state index in [1.54, 1.807) is 12.1 Å². The number of anilines is 1. The van der Waals surface area contributed by atoms with Crippen LogP contribution in [-0.4, -0.2) is 14.9 Å². The predicted octanol–water partition coefficient (Wildman–Crippen LogP) is 2.47. The Bertz CT molecular complexity index is 477. The number of nitrogens with one attached hydrogen (secondary N) is 1. The Morgan fingerprint density at radius 2 is 2.12 bits per heavy atom. The zero-order chi connectivity index (χ0) is 11.5. The van der Waals surface area contributed by atoms with Crippen molar-refractivity contribution < 1.29 is 5.11 Å². The Morgan fingerprint density at radius 3 is 2.71 bits per heavy atom. The highest BCUT2D eigenvalue weighted by atomic mass is 35.5. The van der Waals surface area contributed by atoms with E-state index in [2.05, 4.69) is 10.4 Å². The topological polar surface area (TPSA) is 50.1 Å². The van der Waals surface area contributed by atoms with Crippen LogP contribution in [0, 0.1) is 6.92 Å². The van der Waals surface area contributed by atoms with Crippen molar-refractivity contribution in [1.29, 1.82) is 0 Å². The third kappa shape index (κ3) is 3.39. The number of phenolic OH excluding ortho intramolecular Hbond substituents is 1. The van der Waals surface area contributed by atoms with E-state index in [4.69, 9.17) is 0 Å². The number of aromatic hydroxyl groups is 1. The van der Waals surface area contributed by atoms with Crippen molar-refractivity contribution in [3.05, 3.63) is 41.6 Å². The van der Waals surface area contributed by atoms with Gasteiger partial charge < -0.3 is 10.4 Å². The molecule has 0 radical (unpaired) electrons. The summed E-state index contributed by atoms with van der Waals surface area (Å²) in [4.78, 5) is 0. The molecule has 2 N–H and O–H groups in total. The van der Waals surface area contributed by atoms with Gasteiger partial charge in [-0.1, -0.05) is 12.1 Å². The van der Waals surface area contributed by atoms with E-state index in [9.17, 15) is 5.11 Å². The van der Waals surface area contributed by atoms with Crippen LogP contribution in [0.15, 0.2) is 30.3 Å². The number of phenols is 1. The summed E-state index contributed by atoms with van der Waals surface area (Å²) in [6, 6.07) is 9.18. The quantitative estimate of drug-likeness (QED) is 0.884. The fourth-order valence-electron chi connectivity index (χ4n) is 1.51. The molecule has 17 heavy (non-hydrogen) atoms. The number of benzene rings is 1. The summed E-state index contributed by atoms with van der Waals surface area (Å²) in [5.41, 5.74) is 2.14. The van der Waals surface area contributed by atoms with Gasteiger partial charge in [0.2, 0.25) is 0 Å². The molecule has 4 nitrogen and oxygen atoms in total. The van der Waals surface area contributed by atoms with E-state index in [1.165, 1.54) is 0 Å². The minimum atomic E-state index is 0. The molecule has 0 saturated heterocycles. The summed E-state index contributed by atoms with van der Waals surface area (Å²) < 4.78 is 1.82. The monoisotopic (exact) mass is 253 g/mol. The van der Waals surface area contributed by atoms with Crippen LogP contribution in [-0.2, 0) is 13.6 Å². The number of nitrogens with zero attached hydrogens (tertiary/aromatic N) is 2. The minimum absolute atomic E-state index is 0.